The first kappa shape index (κ1) is 14.1. The lowest BCUT2D eigenvalue weighted by Gasteiger charge is -2.15. The third kappa shape index (κ3) is 2.52. The normalized spacial score (nSPS) is 12.7. The highest BCUT2D eigenvalue weighted by Gasteiger charge is 2.21. The predicted octanol–water partition coefficient (Wildman–Crippen LogP) is 3.13. The first-order valence-corrected chi connectivity index (χ1v) is 6.36. The Morgan fingerprint density at radius 2 is 1.89 bits per heavy atom. The minimum Gasteiger partial charge on any atom is -0.319 e. The second kappa shape index (κ2) is 5.34. The molecule has 2 N–H and O–H groups in total. The van der Waals surface area contributed by atoms with Crippen LogP contribution in [0, 0.1) is 17.5 Å². The monoisotopic (exact) mass is 333 g/mol. The fraction of sp³-hybridized carbons (Fsp3) is 0.250. The van der Waals surface area contributed by atoms with Gasteiger partial charge in [-0.3, -0.25) is 4.68 Å². The van der Waals surface area contributed by atoms with Crippen molar-refractivity contribution in [2.75, 3.05) is 0 Å². The predicted molar refractivity (Wildman–Crippen MR) is 67.9 cm³/mol. The van der Waals surface area contributed by atoms with Crippen molar-refractivity contribution >= 4 is 15.9 Å². The summed E-state index contributed by atoms with van der Waals surface area (Å²) >= 11 is 3.28. The molecule has 0 aliphatic carbocycles. The first-order valence-electron chi connectivity index (χ1n) is 5.57. The Kier molecular flexibility index (Phi) is 3.96. The molecule has 0 spiro atoms. The lowest BCUT2D eigenvalue weighted by Crippen LogP contribution is -2.18. The van der Waals surface area contributed by atoms with Crippen molar-refractivity contribution in [3.05, 3.63) is 51.5 Å². The highest BCUT2D eigenvalue weighted by Crippen LogP contribution is 2.28. The van der Waals surface area contributed by atoms with E-state index in [1.165, 1.54) is 0 Å². The van der Waals surface area contributed by atoms with Gasteiger partial charge in [-0.1, -0.05) is 0 Å². The van der Waals surface area contributed by atoms with Crippen molar-refractivity contribution in [3.8, 4) is 0 Å². The topological polar surface area (TPSA) is 43.8 Å². The molecule has 0 saturated carbocycles. The Morgan fingerprint density at radius 1 is 1.32 bits per heavy atom. The van der Waals surface area contributed by atoms with Crippen LogP contribution in [0.5, 0.6) is 0 Å². The maximum Gasteiger partial charge on any atom is 0.194 e. The molecular weight excluding hydrogens is 323 g/mol. The van der Waals surface area contributed by atoms with E-state index in [9.17, 15) is 13.2 Å². The van der Waals surface area contributed by atoms with Crippen LogP contribution < -0.4 is 5.73 Å². The van der Waals surface area contributed by atoms with Crippen LogP contribution in [-0.4, -0.2) is 9.78 Å². The highest BCUT2D eigenvalue weighted by atomic mass is 79.9. The number of nitrogens with zero attached hydrogens (tertiary/aromatic N) is 2. The summed E-state index contributed by atoms with van der Waals surface area (Å²) in [4.78, 5) is 0. The van der Waals surface area contributed by atoms with Gasteiger partial charge >= 0.3 is 0 Å². The minimum atomic E-state index is -1.50. The van der Waals surface area contributed by atoms with E-state index < -0.39 is 23.5 Å². The van der Waals surface area contributed by atoms with Gasteiger partial charge in [0.2, 0.25) is 0 Å². The van der Waals surface area contributed by atoms with Crippen LogP contribution in [0.25, 0.3) is 0 Å². The number of halogens is 4. The van der Waals surface area contributed by atoms with Gasteiger partial charge in [-0.2, -0.15) is 5.10 Å². The Morgan fingerprint density at radius 3 is 2.42 bits per heavy atom. The molecular formula is C12H11BrF3N3. The van der Waals surface area contributed by atoms with Gasteiger partial charge < -0.3 is 5.73 Å². The molecule has 1 atom stereocenters. The first-order chi connectivity index (χ1) is 8.95. The van der Waals surface area contributed by atoms with E-state index in [0.29, 0.717) is 16.7 Å². The molecule has 19 heavy (non-hydrogen) atoms. The Labute approximate surface area is 116 Å². The van der Waals surface area contributed by atoms with Crippen LogP contribution in [0.4, 0.5) is 13.2 Å². The number of aromatic nitrogens is 2. The van der Waals surface area contributed by atoms with Crippen LogP contribution in [-0.2, 0) is 6.54 Å². The van der Waals surface area contributed by atoms with E-state index >= 15 is 0 Å². The van der Waals surface area contributed by atoms with Gasteiger partial charge in [0.15, 0.2) is 17.5 Å². The van der Waals surface area contributed by atoms with E-state index in [1.807, 2.05) is 6.92 Å². The maximum absolute atomic E-state index is 13.2. The molecule has 0 aliphatic heterocycles. The van der Waals surface area contributed by atoms with Gasteiger partial charge in [0.1, 0.15) is 0 Å². The van der Waals surface area contributed by atoms with Gasteiger partial charge in [-0.15, -0.1) is 0 Å². The van der Waals surface area contributed by atoms with E-state index in [4.69, 9.17) is 5.73 Å². The van der Waals surface area contributed by atoms with Gasteiger partial charge in [0.25, 0.3) is 0 Å². The SMILES string of the molecule is CCn1ncc(Br)c1C(N)c1cc(F)c(F)c(F)c1. The van der Waals surface area contributed by atoms with Crippen molar-refractivity contribution in [2.24, 2.45) is 5.73 Å². The van der Waals surface area contributed by atoms with Gasteiger partial charge in [0, 0.05) is 6.54 Å². The second-order valence-corrected chi connectivity index (χ2v) is 4.82. The highest BCUT2D eigenvalue weighted by molar-refractivity contribution is 9.10. The number of hydrogen-bond acceptors (Lipinski definition) is 2. The molecule has 0 fully saturated rings. The molecule has 0 radical (unpaired) electrons. The quantitative estimate of drug-likeness (QED) is 0.877. The van der Waals surface area contributed by atoms with Crippen molar-refractivity contribution in [3.63, 3.8) is 0 Å². The number of rotatable bonds is 3. The Balaban J connectivity index is 2.49. The molecule has 2 aromatic rings. The molecule has 1 heterocycles. The molecule has 1 unspecified atom stereocenters. The fourth-order valence-corrected chi connectivity index (χ4v) is 2.39. The zero-order chi connectivity index (χ0) is 14.2. The number of hydrogen-bond donors (Lipinski definition) is 1. The second-order valence-electron chi connectivity index (χ2n) is 3.97. The average molecular weight is 334 g/mol. The maximum atomic E-state index is 13.2. The minimum absolute atomic E-state index is 0.146. The summed E-state index contributed by atoms with van der Waals surface area (Å²) in [6.45, 7) is 2.42. The zero-order valence-electron chi connectivity index (χ0n) is 10.0. The molecule has 0 amide bonds. The van der Waals surface area contributed by atoms with Gasteiger partial charge in [-0.25, -0.2) is 13.2 Å². The van der Waals surface area contributed by atoms with Crippen molar-refractivity contribution < 1.29 is 13.2 Å². The summed E-state index contributed by atoms with van der Waals surface area (Å²) in [5.41, 5.74) is 6.70. The molecule has 0 aliphatic rings. The molecule has 0 bridgehead atoms. The largest absolute Gasteiger partial charge is 0.319 e. The lowest BCUT2D eigenvalue weighted by atomic mass is 10.0. The van der Waals surface area contributed by atoms with Crippen molar-refractivity contribution in [1.82, 2.24) is 9.78 Å². The van der Waals surface area contributed by atoms with Gasteiger partial charge in [-0.05, 0) is 40.5 Å². The molecule has 1 aromatic carbocycles. The van der Waals surface area contributed by atoms with Crippen LogP contribution >= 0.6 is 15.9 Å². The lowest BCUT2D eigenvalue weighted by molar-refractivity contribution is 0.444. The van der Waals surface area contributed by atoms with Crippen LogP contribution in [0.3, 0.4) is 0 Å². The Bertz CT molecular complexity index is 589. The molecule has 3 nitrogen and oxygen atoms in total. The van der Waals surface area contributed by atoms with Crippen molar-refractivity contribution in [1.29, 1.82) is 0 Å². The molecule has 7 heteroatoms. The standard InChI is InChI=1S/C12H11BrF3N3/c1-2-19-12(7(13)5-18-19)11(17)6-3-8(14)10(16)9(15)4-6/h3-5,11H,2,17H2,1H3. The number of benzene rings is 1. The van der Waals surface area contributed by atoms with E-state index in [-0.39, 0.29) is 5.56 Å². The molecule has 102 valence electrons. The fourth-order valence-electron chi connectivity index (χ4n) is 1.85. The molecule has 0 saturated heterocycles. The van der Waals surface area contributed by atoms with Crippen molar-refractivity contribution in [2.45, 2.75) is 19.5 Å². The third-order valence-electron chi connectivity index (χ3n) is 2.79. The number of aryl methyl sites for hydroxylation is 1. The molecule has 2 rings (SSSR count). The summed E-state index contributed by atoms with van der Waals surface area (Å²) in [5.74, 6) is -4.02. The van der Waals surface area contributed by atoms with E-state index in [1.54, 1.807) is 10.9 Å². The summed E-state index contributed by atoms with van der Waals surface area (Å²) < 4.78 is 41.6. The average Bonchev–Trinajstić information content (AvgIpc) is 2.75. The van der Waals surface area contributed by atoms with Gasteiger partial charge in [0.05, 0.1) is 22.4 Å². The van der Waals surface area contributed by atoms with E-state index in [2.05, 4.69) is 21.0 Å². The molecule has 1 aromatic heterocycles. The van der Waals surface area contributed by atoms with Crippen LogP contribution in [0.1, 0.15) is 24.2 Å². The summed E-state index contributed by atoms with van der Waals surface area (Å²) in [7, 11) is 0. The van der Waals surface area contributed by atoms with Crippen LogP contribution in [0.2, 0.25) is 0 Å². The van der Waals surface area contributed by atoms with Crippen LogP contribution in [0.15, 0.2) is 22.8 Å². The van der Waals surface area contributed by atoms with E-state index in [0.717, 1.165) is 12.1 Å². The zero-order valence-corrected chi connectivity index (χ0v) is 11.6. The third-order valence-corrected chi connectivity index (χ3v) is 3.40. The summed E-state index contributed by atoms with van der Waals surface area (Å²) in [6, 6.07) is 0.979. The summed E-state index contributed by atoms with van der Waals surface area (Å²) in [5, 5.41) is 4.07. The Hall–Kier alpha value is -1.34. The number of nitrogens with two attached hydrogens (primary N) is 1. The smallest absolute Gasteiger partial charge is 0.194 e. The summed E-state index contributed by atoms with van der Waals surface area (Å²) in [6.07, 6.45) is 1.55.